The van der Waals surface area contributed by atoms with E-state index in [1.54, 1.807) is 12.1 Å². The second kappa shape index (κ2) is 9.52. The molecule has 0 aliphatic carbocycles. The third kappa shape index (κ3) is 6.50. The summed E-state index contributed by atoms with van der Waals surface area (Å²) in [5.74, 6) is 0.00468. The fourth-order valence-corrected chi connectivity index (χ4v) is 3.86. The van der Waals surface area contributed by atoms with Crippen LogP contribution in [0.4, 0.5) is 5.69 Å². The minimum absolute atomic E-state index is 0.00157. The highest BCUT2D eigenvalue weighted by molar-refractivity contribution is 7.89. The highest BCUT2D eigenvalue weighted by atomic mass is 32.2. The summed E-state index contributed by atoms with van der Waals surface area (Å²) in [4.78, 5) is 23.3. The van der Waals surface area contributed by atoms with E-state index in [0.717, 1.165) is 0 Å². The first-order chi connectivity index (χ1) is 13.2. The van der Waals surface area contributed by atoms with Crippen LogP contribution in [0.1, 0.15) is 33.0 Å². The van der Waals surface area contributed by atoms with Gasteiger partial charge in [0, 0.05) is 25.1 Å². The summed E-state index contributed by atoms with van der Waals surface area (Å²) in [5, 5.41) is 5.29. The fourth-order valence-electron chi connectivity index (χ4n) is 2.47. The van der Waals surface area contributed by atoms with Crippen molar-refractivity contribution >= 4 is 27.5 Å². The van der Waals surface area contributed by atoms with Crippen molar-refractivity contribution in [3.05, 3.63) is 48.4 Å². The second-order valence-electron chi connectivity index (χ2n) is 6.74. The predicted molar refractivity (Wildman–Crippen MR) is 105 cm³/mol. The quantitative estimate of drug-likeness (QED) is 0.589. The van der Waals surface area contributed by atoms with Crippen molar-refractivity contribution < 1.29 is 22.4 Å². The molecule has 1 aromatic carbocycles. The molecule has 0 saturated carbocycles. The predicted octanol–water partition coefficient (Wildman–Crippen LogP) is 2.25. The number of carbonyl (C=O) groups excluding carboxylic acids is 2. The summed E-state index contributed by atoms with van der Waals surface area (Å²) in [6.45, 7) is 5.30. The zero-order valence-corrected chi connectivity index (χ0v) is 16.9. The smallest absolute Gasteiger partial charge is 0.240 e. The molecule has 0 spiro atoms. The van der Waals surface area contributed by atoms with E-state index in [1.165, 1.54) is 37.5 Å². The Hall–Kier alpha value is -2.65. The molecule has 0 saturated heterocycles. The van der Waals surface area contributed by atoms with Crippen LogP contribution in [0, 0.1) is 5.92 Å². The number of rotatable bonds is 9. The van der Waals surface area contributed by atoms with Crippen LogP contribution in [0.3, 0.4) is 0 Å². The number of hydrogen-bond acceptors (Lipinski definition) is 5. The Bertz CT molecular complexity index is 890. The van der Waals surface area contributed by atoms with Crippen molar-refractivity contribution in [1.29, 1.82) is 0 Å². The van der Waals surface area contributed by atoms with Gasteiger partial charge in [0.2, 0.25) is 21.8 Å². The van der Waals surface area contributed by atoms with Crippen molar-refractivity contribution in [2.75, 3.05) is 5.32 Å². The van der Waals surface area contributed by atoms with Gasteiger partial charge in [-0.25, -0.2) is 13.1 Å². The number of anilines is 1. The van der Waals surface area contributed by atoms with Crippen LogP contribution in [-0.4, -0.2) is 26.3 Å². The molecule has 1 atom stereocenters. The molecule has 0 radical (unpaired) electrons. The first-order valence-electron chi connectivity index (χ1n) is 8.86. The lowest BCUT2D eigenvalue weighted by molar-refractivity contribution is -0.122. The molecule has 28 heavy (non-hydrogen) atoms. The Labute approximate surface area is 164 Å². The molecule has 1 heterocycles. The number of furan rings is 1. The van der Waals surface area contributed by atoms with Crippen molar-refractivity contribution in [1.82, 2.24) is 10.0 Å². The van der Waals surface area contributed by atoms with E-state index in [-0.39, 0.29) is 35.6 Å². The van der Waals surface area contributed by atoms with Gasteiger partial charge in [0.1, 0.15) is 5.76 Å². The molecule has 0 aliphatic rings. The zero-order valence-electron chi connectivity index (χ0n) is 16.1. The highest BCUT2D eigenvalue weighted by Crippen LogP contribution is 2.17. The van der Waals surface area contributed by atoms with E-state index in [4.69, 9.17) is 4.42 Å². The summed E-state index contributed by atoms with van der Waals surface area (Å²) >= 11 is 0. The molecule has 0 fully saturated rings. The lowest BCUT2D eigenvalue weighted by Gasteiger charge is -2.22. The molecule has 9 heteroatoms. The number of hydrogen-bond donors (Lipinski definition) is 3. The average molecular weight is 407 g/mol. The average Bonchev–Trinajstić information content (AvgIpc) is 3.12. The summed E-state index contributed by atoms with van der Waals surface area (Å²) < 4.78 is 33.1. The molecule has 2 rings (SSSR count). The van der Waals surface area contributed by atoms with Crippen LogP contribution in [0.2, 0.25) is 0 Å². The topological polar surface area (TPSA) is 118 Å². The summed E-state index contributed by atoms with van der Waals surface area (Å²) in [6.07, 6.45) is 1.52. The van der Waals surface area contributed by atoms with E-state index in [1.807, 2.05) is 13.8 Å². The maximum Gasteiger partial charge on any atom is 0.240 e. The summed E-state index contributed by atoms with van der Waals surface area (Å²) in [7, 11) is -3.81. The summed E-state index contributed by atoms with van der Waals surface area (Å²) in [5.41, 5.74) is 0.504. The van der Waals surface area contributed by atoms with Crippen molar-refractivity contribution in [3.8, 4) is 0 Å². The van der Waals surface area contributed by atoms with Crippen molar-refractivity contribution in [3.63, 3.8) is 0 Å². The third-order valence-corrected chi connectivity index (χ3v) is 5.55. The van der Waals surface area contributed by atoms with E-state index < -0.39 is 16.1 Å². The Morgan fingerprint density at radius 1 is 1.11 bits per heavy atom. The first kappa shape index (κ1) is 21.6. The monoisotopic (exact) mass is 407 g/mol. The number of nitrogens with one attached hydrogen (secondary N) is 3. The lowest BCUT2D eigenvalue weighted by Crippen LogP contribution is -2.42. The Balaban J connectivity index is 2.01. The van der Waals surface area contributed by atoms with E-state index in [0.29, 0.717) is 11.4 Å². The molecule has 1 aromatic heterocycles. The van der Waals surface area contributed by atoms with Gasteiger partial charge < -0.3 is 15.1 Å². The molecule has 2 amide bonds. The van der Waals surface area contributed by atoms with Gasteiger partial charge in [-0.3, -0.25) is 9.59 Å². The van der Waals surface area contributed by atoms with Gasteiger partial charge in [0.05, 0.1) is 17.7 Å². The lowest BCUT2D eigenvalue weighted by atomic mass is 10.0. The second-order valence-corrected chi connectivity index (χ2v) is 8.45. The molecule has 0 aliphatic heterocycles. The molecule has 3 N–H and O–H groups in total. The van der Waals surface area contributed by atoms with Gasteiger partial charge in [0.15, 0.2) is 0 Å². The molecular weight excluding hydrogens is 382 g/mol. The highest BCUT2D eigenvalue weighted by Gasteiger charge is 2.24. The fraction of sp³-hybridized carbons (Fsp3) is 0.368. The Morgan fingerprint density at radius 2 is 1.79 bits per heavy atom. The number of amides is 2. The van der Waals surface area contributed by atoms with Crippen LogP contribution in [0.5, 0.6) is 0 Å². The van der Waals surface area contributed by atoms with Gasteiger partial charge in [-0.2, -0.15) is 0 Å². The van der Waals surface area contributed by atoms with Crippen molar-refractivity contribution in [2.45, 2.75) is 44.7 Å². The molecule has 0 bridgehead atoms. The Kier molecular flexibility index (Phi) is 7.36. The van der Waals surface area contributed by atoms with E-state index in [2.05, 4.69) is 15.4 Å². The maximum absolute atomic E-state index is 12.7. The van der Waals surface area contributed by atoms with Crippen molar-refractivity contribution in [2.24, 2.45) is 5.92 Å². The number of carbonyl (C=O) groups is 2. The minimum atomic E-state index is -3.81. The molecule has 2 aromatic rings. The number of benzene rings is 1. The van der Waals surface area contributed by atoms with Gasteiger partial charge in [-0.1, -0.05) is 13.8 Å². The van der Waals surface area contributed by atoms with Crippen LogP contribution < -0.4 is 15.4 Å². The van der Waals surface area contributed by atoms with Crippen LogP contribution >= 0.6 is 0 Å². The third-order valence-electron chi connectivity index (χ3n) is 4.04. The number of sulfonamides is 1. The van der Waals surface area contributed by atoms with E-state index >= 15 is 0 Å². The zero-order chi connectivity index (χ0) is 20.7. The first-order valence-corrected chi connectivity index (χ1v) is 10.3. The van der Waals surface area contributed by atoms with Crippen LogP contribution in [-0.2, 0) is 26.2 Å². The molecule has 152 valence electrons. The maximum atomic E-state index is 12.7. The SMILES string of the molecule is CC(=O)Nc1ccc(S(=O)(=O)N[C@@H](CC(=O)NCc2ccco2)C(C)C)cc1. The largest absolute Gasteiger partial charge is 0.467 e. The van der Waals surface area contributed by atoms with Crippen LogP contribution in [0.15, 0.2) is 52.0 Å². The molecule has 0 unspecified atom stereocenters. The minimum Gasteiger partial charge on any atom is -0.467 e. The van der Waals surface area contributed by atoms with E-state index in [9.17, 15) is 18.0 Å². The van der Waals surface area contributed by atoms with Gasteiger partial charge in [0.25, 0.3) is 0 Å². The molecule has 8 nitrogen and oxygen atoms in total. The van der Waals surface area contributed by atoms with Gasteiger partial charge in [-0.05, 0) is 42.3 Å². The standard InChI is InChI=1S/C19H25N3O5S/c1-13(2)18(11-19(24)20-12-16-5-4-10-27-16)22-28(25,26)17-8-6-15(7-9-17)21-14(3)23/h4-10,13,18,22H,11-12H2,1-3H3,(H,20,24)(H,21,23)/t18-/m0/s1. The van der Waals surface area contributed by atoms with Gasteiger partial charge in [-0.15, -0.1) is 0 Å². The summed E-state index contributed by atoms with van der Waals surface area (Å²) in [6, 6.07) is 8.73. The normalized spacial score (nSPS) is 12.6. The van der Waals surface area contributed by atoms with Gasteiger partial charge >= 0.3 is 0 Å². The van der Waals surface area contributed by atoms with Crippen LogP contribution in [0.25, 0.3) is 0 Å². The Morgan fingerprint density at radius 3 is 2.32 bits per heavy atom. The molecular formula is C19H25N3O5S.